The highest BCUT2D eigenvalue weighted by atomic mass is 16.5. The van der Waals surface area contributed by atoms with Crippen LogP contribution >= 0.6 is 0 Å². The molecule has 2 aromatic rings. The van der Waals surface area contributed by atoms with Gasteiger partial charge in [-0.3, -0.25) is 4.79 Å². The number of carbonyl (C=O) groups is 2. The van der Waals surface area contributed by atoms with E-state index >= 15 is 0 Å². The summed E-state index contributed by atoms with van der Waals surface area (Å²) in [6.07, 6.45) is 8.40. The van der Waals surface area contributed by atoms with Crippen LogP contribution in [0.25, 0.3) is 5.69 Å². The van der Waals surface area contributed by atoms with Crippen LogP contribution in [0.4, 0.5) is 0 Å². The number of ether oxygens (including phenoxy) is 2. The van der Waals surface area contributed by atoms with Crippen molar-refractivity contribution in [3.8, 4) is 11.4 Å². The van der Waals surface area contributed by atoms with Crippen molar-refractivity contribution in [2.24, 2.45) is 23.2 Å². The maximum atomic E-state index is 13.1. The lowest BCUT2D eigenvalue weighted by Crippen LogP contribution is -2.51. The first-order valence-corrected chi connectivity index (χ1v) is 10.5. The van der Waals surface area contributed by atoms with Crippen molar-refractivity contribution < 1.29 is 19.1 Å². The van der Waals surface area contributed by atoms with E-state index in [4.69, 9.17) is 9.47 Å². The zero-order chi connectivity index (χ0) is 20.0. The van der Waals surface area contributed by atoms with Crippen molar-refractivity contribution in [3.05, 3.63) is 42.2 Å². The molecule has 0 amide bonds. The number of esters is 1. The van der Waals surface area contributed by atoms with Crippen molar-refractivity contribution in [3.63, 3.8) is 0 Å². The third kappa shape index (κ3) is 3.24. The average Bonchev–Trinajstić information content (AvgIpc) is 3.16. The summed E-state index contributed by atoms with van der Waals surface area (Å²) in [5.41, 5.74) is 0.645. The summed E-state index contributed by atoms with van der Waals surface area (Å²) >= 11 is 0. The second-order valence-electron chi connectivity index (χ2n) is 9.02. The van der Waals surface area contributed by atoms with Gasteiger partial charge in [-0.2, -0.15) is 5.10 Å². The number of nitrogens with zero attached hydrogens (tertiary/aromatic N) is 2. The van der Waals surface area contributed by atoms with Gasteiger partial charge in [-0.15, -0.1) is 0 Å². The lowest BCUT2D eigenvalue weighted by molar-refractivity contribution is -0.147. The topological polar surface area (TPSA) is 70.4 Å². The summed E-state index contributed by atoms with van der Waals surface area (Å²) in [6.45, 7) is -0.174. The number of methoxy groups -OCH3 is 1. The number of hydrogen-bond donors (Lipinski definition) is 0. The summed E-state index contributed by atoms with van der Waals surface area (Å²) in [6, 6.07) is 9.48. The van der Waals surface area contributed by atoms with E-state index in [-0.39, 0.29) is 23.5 Å². The highest BCUT2D eigenvalue weighted by molar-refractivity contribution is 5.93. The lowest BCUT2D eigenvalue weighted by atomic mass is 9.48. The van der Waals surface area contributed by atoms with Crippen LogP contribution in [0.3, 0.4) is 0 Å². The van der Waals surface area contributed by atoms with Crippen molar-refractivity contribution in [2.45, 2.75) is 38.5 Å². The van der Waals surface area contributed by atoms with Crippen LogP contribution in [0, 0.1) is 23.2 Å². The number of hydrogen-bond acceptors (Lipinski definition) is 5. The molecule has 0 aliphatic heterocycles. The number of para-hydroxylation sites is 1. The first kappa shape index (κ1) is 18.4. The Bertz CT molecular complexity index is 898. The predicted octanol–water partition coefficient (Wildman–Crippen LogP) is 3.82. The highest BCUT2D eigenvalue weighted by Crippen LogP contribution is 2.60. The normalized spacial score (nSPS) is 29.6. The van der Waals surface area contributed by atoms with Crippen molar-refractivity contribution >= 4 is 11.8 Å². The number of Topliss-reactive ketones (excluding diaryl/α,β-unsaturated/α-hetero) is 1. The number of benzene rings is 1. The number of aromatic nitrogens is 2. The second kappa shape index (κ2) is 7.01. The molecule has 6 nitrogen and oxygen atoms in total. The fourth-order valence-electron chi connectivity index (χ4n) is 6.17. The van der Waals surface area contributed by atoms with E-state index in [1.807, 2.05) is 30.3 Å². The summed E-state index contributed by atoms with van der Waals surface area (Å²) in [5, 5.41) is 4.33. The van der Waals surface area contributed by atoms with Gasteiger partial charge in [0.1, 0.15) is 0 Å². The molecule has 0 spiro atoms. The van der Waals surface area contributed by atoms with Crippen LogP contribution in [0.1, 0.15) is 49.0 Å². The van der Waals surface area contributed by atoms with E-state index in [1.54, 1.807) is 10.9 Å². The molecule has 4 aliphatic rings. The Labute approximate surface area is 170 Å². The first-order chi connectivity index (χ1) is 14.1. The first-order valence-electron chi connectivity index (χ1n) is 10.5. The van der Waals surface area contributed by atoms with Gasteiger partial charge in [0.2, 0.25) is 5.69 Å². The third-order valence-electron chi connectivity index (χ3n) is 7.08. The molecule has 0 N–H and O–H groups in total. The maximum absolute atomic E-state index is 13.1. The fourth-order valence-corrected chi connectivity index (χ4v) is 6.17. The standard InChI is InChI=1S/C23H26N2O4/c1-28-19-13-25(18-5-3-2-4-6-18)24-21(19)22(27)29-14-20(26)23-10-15-7-16(11-23)9-17(8-15)12-23/h2-6,13,15-17H,7-12,14H2,1H3. The van der Waals surface area contributed by atoms with Crippen molar-refractivity contribution in [2.75, 3.05) is 13.7 Å². The largest absolute Gasteiger partial charge is 0.493 e. The number of carbonyl (C=O) groups excluding carboxylic acids is 2. The van der Waals surface area contributed by atoms with Crippen LogP contribution in [-0.2, 0) is 9.53 Å². The summed E-state index contributed by atoms with van der Waals surface area (Å²) in [4.78, 5) is 25.7. The van der Waals surface area contributed by atoms with Gasteiger partial charge in [0.05, 0.1) is 19.0 Å². The minimum atomic E-state index is -0.616. The number of rotatable bonds is 6. The SMILES string of the molecule is COc1cn(-c2ccccc2)nc1C(=O)OCC(=O)C12CC3CC(CC(C3)C1)C2. The summed E-state index contributed by atoms with van der Waals surface area (Å²) in [5.74, 6) is 1.86. The Morgan fingerprint density at radius 2 is 1.69 bits per heavy atom. The van der Waals surface area contributed by atoms with Gasteiger partial charge < -0.3 is 9.47 Å². The molecule has 1 heterocycles. The van der Waals surface area contributed by atoms with Crippen LogP contribution < -0.4 is 4.74 Å². The fraction of sp³-hybridized carbons (Fsp3) is 0.522. The number of ketones is 1. The lowest BCUT2D eigenvalue weighted by Gasteiger charge is -2.55. The Morgan fingerprint density at radius 3 is 2.28 bits per heavy atom. The summed E-state index contributed by atoms with van der Waals surface area (Å²) in [7, 11) is 1.49. The van der Waals surface area contributed by atoms with E-state index in [0.717, 1.165) is 24.9 Å². The van der Waals surface area contributed by atoms with E-state index in [1.165, 1.54) is 26.4 Å². The Kier molecular flexibility index (Phi) is 4.45. The average molecular weight is 394 g/mol. The molecule has 6 heteroatoms. The van der Waals surface area contributed by atoms with E-state index in [0.29, 0.717) is 23.5 Å². The summed E-state index contributed by atoms with van der Waals surface area (Å²) < 4.78 is 12.3. The van der Waals surface area contributed by atoms with Gasteiger partial charge >= 0.3 is 5.97 Å². The smallest absolute Gasteiger partial charge is 0.363 e. The molecule has 0 atom stereocenters. The second-order valence-corrected chi connectivity index (χ2v) is 9.02. The molecule has 4 saturated carbocycles. The monoisotopic (exact) mass is 394 g/mol. The van der Waals surface area contributed by atoms with Gasteiger partial charge in [-0.25, -0.2) is 9.48 Å². The quantitative estimate of drug-likeness (QED) is 0.697. The van der Waals surface area contributed by atoms with Gasteiger partial charge in [0.15, 0.2) is 18.1 Å². The Balaban J connectivity index is 1.29. The highest BCUT2D eigenvalue weighted by Gasteiger charge is 2.54. The molecular weight excluding hydrogens is 368 g/mol. The molecule has 1 aromatic heterocycles. The minimum Gasteiger partial charge on any atom is -0.493 e. The minimum absolute atomic E-state index is 0.0893. The molecule has 6 rings (SSSR count). The molecular formula is C23H26N2O4. The van der Waals surface area contributed by atoms with Crippen LogP contribution in [0.5, 0.6) is 5.75 Å². The van der Waals surface area contributed by atoms with Crippen LogP contribution in [-0.4, -0.2) is 35.2 Å². The van der Waals surface area contributed by atoms with Gasteiger partial charge in [-0.1, -0.05) is 18.2 Å². The zero-order valence-electron chi connectivity index (χ0n) is 16.7. The molecule has 29 heavy (non-hydrogen) atoms. The molecule has 0 radical (unpaired) electrons. The maximum Gasteiger partial charge on any atom is 0.363 e. The van der Waals surface area contributed by atoms with E-state index < -0.39 is 5.97 Å². The van der Waals surface area contributed by atoms with Gasteiger partial charge in [0.25, 0.3) is 0 Å². The molecule has 4 fully saturated rings. The molecule has 152 valence electrons. The van der Waals surface area contributed by atoms with E-state index in [9.17, 15) is 9.59 Å². The predicted molar refractivity (Wildman–Crippen MR) is 106 cm³/mol. The third-order valence-corrected chi connectivity index (χ3v) is 7.08. The van der Waals surface area contributed by atoms with Gasteiger partial charge in [0, 0.05) is 5.41 Å². The zero-order valence-corrected chi connectivity index (χ0v) is 16.7. The molecule has 1 aromatic carbocycles. The Morgan fingerprint density at radius 1 is 1.07 bits per heavy atom. The van der Waals surface area contributed by atoms with E-state index in [2.05, 4.69) is 5.10 Å². The molecule has 4 bridgehead atoms. The van der Waals surface area contributed by atoms with Crippen molar-refractivity contribution in [1.29, 1.82) is 0 Å². The molecule has 0 unspecified atom stereocenters. The Hall–Kier alpha value is -2.63. The van der Waals surface area contributed by atoms with Crippen LogP contribution in [0.15, 0.2) is 36.5 Å². The molecule has 0 saturated heterocycles. The van der Waals surface area contributed by atoms with Crippen LogP contribution in [0.2, 0.25) is 0 Å². The molecule has 4 aliphatic carbocycles. The van der Waals surface area contributed by atoms with Crippen molar-refractivity contribution in [1.82, 2.24) is 9.78 Å². The van der Waals surface area contributed by atoms with Gasteiger partial charge in [-0.05, 0) is 68.4 Å².